The summed E-state index contributed by atoms with van der Waals surface area (Å²) in [6.07, 6.45) is -2.67. The molecule has 2 aromatic rings. The van der Waals surface area contributed by atoms with Gasteiger partial charge in [-0.05, 0) is 19.1 Å². The van der Waals surface area contributed by atoms with Crippen molar-refractivity contribution in [3.05, 3.63) is 65.1 Å². The minimum atomic E-state index is -2.30. The van der Waals surface area contributed by atoms with E-state index in [4.69, 9.17) is 13.9 Å². The smallest absolute Gasteiger partial charge is 0.362 e. The van der Waals surface area contributed by atoms with Crippen LogP contribution in [0.5, 0.6) is 0 Å². The van der Waals surface area contributed by atoms with Gasteiger partial charge >= 0.3 is 5.97 Å². The van der Waals surface area contributed by atoms with E-state index in [0.29, 0.717) is 12.2 Å². The highest BCUT2D eigenvalue weighted by molar-refractivity contribution is 6.23. The fourth-order valence-corrected chi connectivity index (χ4v) is 3.48. The number of carbonyl (C=O) groups excluding carboxylic acids is 3. The van der Waals surface area contributed by atoms with Gasteiger partial charge in [-0.25, -0.2) is 4.79 Å². The topological polar surface area (TPSA) is 103 Å². The van der Waals surface area contributed by atoms with E-state index in [1.54, 1.807) is 30.3 Å². The van der Waals surface area contributed by atoms with Crippen molar-refractivity contribution < 1.29 is 33.4 Å². The molecule has 2 aliphatic rings. The molecule has 7 heteroatoms. The summed E-state index contributed by atoms with van der Waals surface area (Å²) in [5.41, 5.74) is -1.92. The minimum absolute atomic E-state index is 0.0634. The van der Waals surface area contributed by atoms with Crippen LogP contribution in [0.25, 0.3) is 5.76 Å². The normalized spacial score (nSPS) is 26.7. The standard InChI is InChI=1S/C21H18O7/c1-3-13-9-10-14(26-13)16-11(2)18(23)21(28-16)19(24)17(27-20(21)25)15(22)12-7-5-4-6-8-12/h4-10,17,19,24H,3H2,1-2H3/t17-,19-,21-/m0/s1. The minimum Gasteiger partial charge on any atom is -0.460 e. The number of benzene rings is 1. The molecule has 28 heavy (non-hydrogen) atoms. The summed E-state index contributed by atoms with van der Waals surface area (Å²) in [6.45, 7) is 3.39. The molecule has 1 saturated heterocycles. The first-order chi connectivity index (χ1) is 13.4. The van der Waals surface area contributed by atoms with Crippen LogP contribution < -0.4 is 0 Å². The Kier molecular flexibility index (Phi) is 4.19. The molecule has 1 aromatic heterocycles. The third-order valence-corrected chi connectivity index (χ3v) is 5.07. The van der Waals surface area contributed by atoms with E-state index in [1.165, 1.54) is 19.1 Å². The number of carbonyl (C=O) groups is 3. The van der Waals surface area contributed by atoms with Crippen molar-refractivity contribution in [2.45, 2.75) is 38.1 Å². The Morgan fingerprint density at radius 3 is 2.50 bits per heavy atom. The van der Waals surface area contributed by atoms with Gasteiger partial charge in [0.15, 0.2) is 23.7 Å². The number of furan rings is 1. The van der Waals surface area contributed by atoms with Crippen molar-refractivity contribution >= 4 is 23.3 Å². The lowest BCUT2D eigenvalue weighted by Crippen LogP contribution is -2.53. The molecule has 1 fully saturated rings. The van der Waals surface area contributed by atoms with Gasteiger partial charge in [-0.2, -0.15) is 0 Å². The first-order valence-electron chi connectivity index (χ1n) is 8.92. The SMILES string of the molecule is CCc1ccc(C2=C(C)C(=O)[C@@]3(O2)C(=O)O[C@@H](C(=O)c2ccccc2)[C@@H]3O)o1. The third kappa shape index (κ3) is 2.43. The lowest BCUT2D eigenvalue weighted by atomic mass is 9.87. The first kappa shape index (κ1) is 18.2. The summed E-state index contributed by atoms with van der Waals surface area (Å²) in [6, 6.07) is 11.5. The Labute approximate surface area is 160 Å². The number of esters is 1. The number of ether oxygens (including phenoxy) is 2. The van der Waals surface area contributed by atoms with Gasteiger partial charge in [0, 0.05) is 17.6 Å². The fraction of sp³-hybridized carbons (Fsp3) is 0.286. The van der Waals surface area contributed by atoms with E-state index >= 15 is 0 Å². The largest absolute Gasteiger partial charge is 0.460 e. The lowest BCUT2D eigenvalue weighted by Gasteiger charge is -2.22. The number of rotatable bonds is 4. The summed E-state index contributed by atoms with van der Waals surface area (Å²) in [5, 5.41) is 10.8. The van der Waals surface area contributed by atoms with E-state index < -0.39 is 35.3 Å². The second kappa shape index (κ2) is 6.45. The van der Waals surface area contributed by atoms with Crippen LogP contribution in [0, 0.1) is 0 Å². The molecule has 3 atom stereocenters. The molecule has 4 rings (SSSR count). The quantitative estimate of drug-likeness (QED) is 0.490. The number of cyclic esters (lactones) is 1. The predicted molar refractivity (Wildman–Crippen MR) is 96.2 cm³/mol. The molecule has 0 radical (unpaired) electrons. The zero-order valence-corrected chi connectivity index (χ0v) is 15.3. The van der Waals surface area contributed by atoms with Crippen molar-refractivity contribution in [1.29, 1.82) is 0 Å². The van der Waals surface area contributed by atoms with Crippen molar-refractivity contribution in [2.24, 2.45) is 0 Å². The second-order valence-corrected chi connectivity index (χ2v) is 6.74. The molecule has 1 spiro atoms. The molecule has 3 heterocycles. The molecule has 1 N–H and O–H groups in total. The van der Waals surface area contributed by atoms with Crippen LogP contribution in [-0.4, -0.2) is 40.5 Å². The number of Topliss-reactive ketones (excluding diaryl/α,β-unsaturated/α-hetero) is 2. The van der Waals surface area contributed by atoms with Gasteiger partial charge in [0.2, 0.25) is 11.6 Å². The van der Waals surface area contributed by atoms with Gasteiger partial charge in [0.05, 0.1) is 0 Å². The Morgan fingerprint density at radius 1 is 1.14 bits per heavy atom. The number of ketones is 2. The molecule has 0 amide bonds. The van der Waals surface area contributed by atoms with Gasteiger partial charge in [0.25, 0.3) is 5.60 Å². The van der Waals surface area contributed by atoms with Gasteiger partial charge in [-0.1, -0.05) is 37.3 Å². The first-order valence-corrected chi connectivity index (χ1v) is 8.92. The van der Waals surface area contributed by atoms with Crippen LogP contribution in [-0.2, 0) is 25.5 Å². The number of aliphatic hydroxyl groups is 1. The zero-order valence-electron chi connectivity index (χ0n) is 15.3. The summed E-state index contributed by atoms with van der Waals surface area (Å²) < 4.78 is 16.4. The van der Waals surface area contributed by atoms with Crippen LogP contribution >= 0.6 is 0 Å². The fourth-order valence-electron chi connectivity index (χ4n) is 3.48. The molecule has 0 saturated carbocycles. The number of hydrogen-bond acceptors (Lipinski definition) is 7. The number of aliphatic hydroxyl groups excluding tert-OH is 1. The Bertz CT molecular complexity index is 1000. The van der Waals surface area contributed by atoms with E-state index in [9.17, 15) is 19.5 Å². The van der Waals surface area contributed by atoms with E-state index in [-0.39, 0.29) is 22.7 Å². The summed E-state index contributed by atoms with van der Waals surface area (Å²) in [7, 11) is 0. The average Bonchev–Trinajstić information content (AvgIpc) is 3.36. The van der Waals surface area contributed by atoms with Crippen LogP contribution in [0.1, 0.15) is 35.7 Å². The maximum atomic E-state index is 12.9. The molecule has 0 bridgehead atoms. The second-order valence-electron chi connectivity index (χ2n) is 6.74. The molecular formula is C21H18O7. The van der Waals surface area contributed by atoms with Crippen molar-refractivity contribution in [2.75, 3.05) is 0 Å². The predicted octanol–water partition coefficient (Wildman–Crippen LogP) is 2.08. The van der Waals surface area contributed by atoms with Gasteiger partial charge in [-0.3, -0.25) is 9.59 Å². The summed E-state index contributed by atoms with van der Waals surface area (Å²) in [5.74, 6) is -1.41. The monoisotopic (exact) mass is 382 g/mol. The molecular weight excluding hydrogens is 364 g/mol. The van der Waals surface area contributed by atoms with Crippen molar-refractivity contribution in [3.8, 4) is 0 Å². The van der Waals surface area contributed by atoms with E-state index in [1.807, 2.05) is 6.92 Å². The Morgan fingerprint density at radius 2 is 1.86 bits per heavy atom. The molecule has 2 aliphatic heterocycles. The van der Waals surface area contributed by atoms with E-state index in [2.05, 4.69) is 0 Å². The highest BCUT2D eigenvalue weighted by Gasteiger charge is 2.69. The van der Waals surface area contributed by atoms with Gasteiger partial charge < -0.3 is 19.0 Å². The summed E-state index contributed by atoms with van der Waals surface area (Å²) >= 11 is 0. The lowest BCUT2D eigenvalue weighted by molar-refractivity contribution is -0.159. The van der Waals surface area contributed by atoms with Crippen LogP contribution in [0.2, 0.25) is 0 Å². The molecule has 7 nitrogen and oxygen atoms in total. The molecule has 0 aliphatic carbocycles. The van der Waals surface area contributed by atoms with Crippen molar-refractivity contribution in [1.82, 2.24) is 0 Å². The highest BCUT2D eigenvalue weighted by Crippen LogP contribution is 2.44. The number of aryl methyl sites for hydroxylation is 1. The highest BCUT2D eigenvalue weighted by atomic mass is 16.6. The van der Waals surface area contributed by atoms with E-state index in [0.717, 1.165) is 0 Å². The average molecular weight is 382 g/mol. The number of hydrogen-bond donors (Lipinski definition) is 1. The van der Waals surface area contributed by atoms with Crippen molar-refractivity contribution in [3.63, 3.8) is 0 Å². The van der Waals surface area contributed by atoms with Gasteiger partial charge in [0.1, 0.15) is 5.76 Å². The molecule has 1 aromatic carbocycles. The molecule has 0 unspecified atom stereocenters. The van der Waals surface area contributed by atoms with Gasteiger partial charge in [-0.15, -0.1) is 0 Å². The van der Waals surface area contributed by atoms with Crippen LogP contribution in [0.4, 0.5) is 0 Å². The summed E-state index contributed by atoms with van der Waals surface area (Å²) in [4.78, 5) is 38.2. The maximum absolute atomic E-state index is 12.9. The maximum Gasteiger partial charge on any atom is 0.362 e. The molecule has 144 valence electrons. The third-order valence-electron chi connectivity index (χ3n) is 5.07. The Hall–Kier alpha value is -3.19. The van der Waals surface area contributed by atoms with Crippen LogP contribution in [0.3, 0.4) is 0 Å². The zero-order chi connectivity index (χ0) is 20.1. The van der Waals surface area contributed by atoms with Crippen LogP contribution in [0.15, 0.2) is 52.5 Å². The Balaban J connectivity index is 1.68.